The molecule has 1 heterocycles. The van der Waals surface area contributed by atoms with Crippen LogP contribution in [-0.2, 0) is 14.3 Å². The lowest BCUT2D eigenvalue weighted by atomic mass is 9.89. The fourth-order valence-electron chi connectivity index (χ4n) is 1.72. The van der Waals surface area contributed by atoms with E-state index in [1.54, 1.807) is 0 Å². The van der Waals surface area contributed by atoms with E-state index in [0.717, 1.165) is 19.4 Å². The summed E-state index contributed by atoms with van der Waals surface area (Å²) in [5, 5.41) is 3.03. The SMILES string of the molecule is COC(=O)C1CCCNC1C(C)=O. The number of hydrogen-bond donors (Lipinski definition) is 1. The molecular weight excluding hydrogens is 170 g/mol. The molecule has 2 unspecified atom stereocenters. The van der Waals surface area contributed by atoms with Crippen molar-refractivity contribution in [1.82, 2.24) is 5.32 Å². The van der Waals surface area contributed by atoms with Crippen LogP contribution in [0.2, 0.25) is 0 Å². The summed E-state index contributed by atoms with van der Waals surface area (Å²) in [5.74, 6) is -0.571. The van der Waals surface area contributed by atoms with Crippen LogP contribution >= 0.6 is 0 Å². The number of Topliss-reactive ketones (excluding diaryl/α,β-unsaturated/α-hetero) is 1. The molecule has 1 saturated heterocycles. The number of nitrogens with one attached hydrogen (secondary N) is 1. The minimum absolute atomic E-state index is 0.00935. The molecule has 0 bridgehead atoms. The highest BCUT2D eigenvalue weighted by Gasteiger charge is 2.34. The minimum Gasteiger partial charge on any atom is -0.469 e. The zero-order valence-electron chi connectivity index (χ0n) is 8.00. The molecule has 1 aliphatic heterocycles. The van der Waals surface area contributed by atoms with E-state index in [0.29, 0.717) is 0 Å². The van der Waals surface area contributed by atoms with Crippen molar-refractivity contribution in [2.24, 2.45) is 5.92 Å². The van der Waals surface area contributed by atoms with E-state index in [1.165, 1.54) is 14.0 Å². The lowest BCUT2D eigenvalue weighted by molar-refractivity contribution is -0.149. The third kappa shape index (κ3) is 2.28. The number of carbonyl (C=O) groups is 2. The molecule has 0 radical (unpaired) electrons. The molecule has 0 amide bonds. The molecule has 0 aromatic heterocycles. The summed E-state index contributed by atoms with van der Waals surface area (Å²) in [7, 11) is 1.36. The number of piperidine rings is 1. The first-order valence-electron chi connectivity index (χ1n) is 4.48. The smallest absolute Gasteiger partial charge is 0.310 e. The number of ketones is 1. The molecule has 74 valence electrons. The van der Waals surface area contributed by atoms with E-state index in [4.69, 9.17) is 0 Å². The van der Waals surface area contributed by atoms with Gasteiger partial charge < -0.3 is 10.1 Å². The van der Waals surface area contributed by atoms with Gasteiger partial charge in [0.1, 0.15) is 5.78 Å². The maximum Gasteiger partial charge on any atom is 0.310 e. The van der Waals surface area contributed by atoms with Gasteiger partial charge in [-0.2, -0.15) is 0 Å². The predicted molar refractivity (Wildman–Crippen MR) is 47.2 cm³/mol. The van der Waals surface area contributed by atoms with Crippen LogP contribution in [0.3, 0.4) is 0 Å². The van der Waals surface area contributed by atoms with Crippen molar-refractivity contribution in [3.8, 4) is 0 Å². The van der Waals surface area contributed by atoms with E-state index < -0.39 is 0 Å². The standard InChI is InChI=1S/C9H15NO3/c1-6(11)8-7(9(12)13-2)4-3-5-10-8/h7-8,10H,3-5H2,1-2H3. The second-order valence-corrected chi connectivity index (χ2v) is 3.31. The van der Waals surface area contributed by atoms with Crippen molar-refractivity contribution in [2.45, 2.75) is 25.8 Å². The summed E-state index contributed by atoms with van der Waals surface area (Å²) in [4.78, 5) is 22.4. The molecule has 0 spiro atoms. The quantitative estimate of drug-likeness (QED) is 0.621. The van der Waals surface area contributed by atoms with Gasteiger partial charge in [-0.15, -0.1) is 0 Å². The molecule has 1 N–H and O–H groups in total. The molecule has 0 aromatic carbocycles. The normalized spacial score (nSPS) is 28.2. The molecule has 0 saturated carbocycles. The summed E-state index contributed by atoms with van der Waals surface area (Å²) in [6.45, 7) is 2.30. The maximum atomic E-state index is 11.3. The van der Waals surface area contributed by atoms with Gasteiger partial charge in [0, 0.05) is 0 Å². The number of carbonyl (C=O) groups excluding carboxylic acids is 2. The number of ether oxygens (including phenoxy) is 1. The van der Waals surface area contributed by atoms with Gasteiger partial charge in [-0.05, 0) is 26.3 Å². The van der Waals surface area contributed by atoms with Crippen molar-refractivity contribution in [3.63, 3.8) is 0 Å². The van der Waals surface area contributed by atoms with Gasteiger partial charge in [0.15, 0.2) is 0 Å². The average molecular weight is 185 g/mol. The van der Waals surface area contributed by atoms with E-state index in [-0.39, 0.29) is 23.7 Å². The summed E-state index contributed by atoms with van der Waals surface area (Å²) in [5.41, 5.74) is 0. The minimum atomic E-state index is -0.346. The fourth-order valence-corrected chi connectivity index (χ4v) is 1.72. The third-order valence-corrected chi connectivity index (χ3v) is 2.40. The van der Waals surface area contributed by atoms with Crippen molar-refractivity contribution < 1.29 is 14.3 Å². The van der Waals surface area contributed by atoms with Crippen LogP contribution in [0.15, 0.2) is 0 Å². The lowest BCUT2D eigenvalue weighted by Crippen LogP contribution is -2.49. The fraction of sp³-hybridized carbons (Fsp3) is 0.778. The van der Waals surface area contributed by atoms with Crippen LogP contribution in [0.25, 0.3) is 0 Å². The number of esters is 1. The molecule has 4 nitrogen and oxygen atoms in total. The second kappa shape index (κ2) is 4.37. The van der Waals surface area contributed by atoms with Crippen LogP contribution in [0, 0.1) is 5.92 Å². The Morgan fingerprint density at radius 1 is 1.46 bits per heavy atom. The van der Waals surface area contributed by atoms with Gasteiger partial charge in [0.25, 0.3) is 0 Å². The largest absolute Gasteiger partial charge is 0.469 e. The zero-order valence-corrected chi connectivity index (χ0v) is 8.00. The maximum absolute atomic E-state index is 11.3. The van der Waals surface area contributed by atoms with Crippen LogP contribution in [-0.4, -0.2) is 31.4 Å². The van der Waals surface area contributed by atoms with Crippen LogP contribution < -0.4 is 5.32 Å². The Kier molecular flexibility index (Phi) is 3.42. The average Bonchev–Trinajstić information content (AvgIpc) is 2.16. The summed E-state index contributed by atoms with van der Waals surface area (Å²) >= 11 is 0. The van der Waals surface area contributed by atoms with Gasteiger partial charge in [0.05, 0.1) is 19.1 Å². The molecule has 0 aliphatic carbocycles. The highest BCUT2D eigenvalue weighted by Crippen LogP contribution is 2.18. The Hall–Kier alpha value is -0.900. The van der Waals surface area contributed by atoms with E-state index >= 15 is 0 Å². The van der Waals surface area contributed by atoms with Gasteiger partial charge in [0.2, 0.25) is 0 Å². The van der Waals surface area contributed by atoms with Gasteiger partial charge >= 0.3 is 5.97 Å². The van der Waals surface area contributed by atoms with Gasteiger partial charge in [-0.3, -0.25) is 9.59 Å². The van der Waals surface area contributed by atoms with Crippen molar-refractivity contribution in [1.29, 1.82) is 0 Å². The molecule has 0 aromatic rings. The highest BCUT2D eigenvalue weighted by molar-refractivity contribution is 5.88. The van der Waals surface area contributed by atoms with E-state index in [2.05, 4.69) is 10.1 Å². The van der Waals surface area contributed by atoms with Crippen LogP contribution in [0.4, 0.5) is 0 Å². The molecule has 1 rings (SSSR count). The molecule has 1 fully saturated rings. The lowest BCUT2D eigenvalue weighted by Gasteiger charge is -2.28. The first-order chi connectivity index (χ1) is 6.16. The Morgan fingerprint density at radius 2 is 2.15 bits per heavy atom. The van der Waals surface area contributed by atoms with Gasteiger partial charge in [-0.25, -0.2) is 0 Å². The number of hydrogen-bond acceptors (Lipinski definition) is 4. The summed E-state index contributed by atoms with van der Waals surface area (Å²) in [6.07, 6.45) is 1.66. The second-order valence-electron chi connectivity index (χ2n) is 3.31. The zero-order chi connectivity index (χ0) is 9.84. The topological polar surface area (TPSA) is 55.4 Å². The molecule has 1 aliphatic rings. The summed E-state index contributed by atoms with van der Waals surface area (Å²) in [6, 6.07) is -0.346. The van der Waals surface area contributed by atoms with E-state index in [9.17, 15) is 9.59 Å². The van der Waals surface area contributed by atoms with Crippen molar-refractivity contribution in [3.05, 3.63) is 0 Å². The first kappa shape index (κ1) is 10.2. The number of rotatable bonds is 2. The monoisotopic (exact) mass is 185 g/mol. The Bertz CT molecular complexity index is 215. The third-order valence-electron chi connectivity index (χ3n) is 2.40. The highest BCUT2D eigenvalue weighted by atomic mass is 16.5. The predicted octanol–water partition coefficient (Wildman–Crippen LogP) is 0.117. The van der Waals surface area contributed by atoms with Crippen LogP contribution in [0.1, 0.15) is 19.8 Å². The number of methoxy groups -OCH3 is 1. The van der Waals surface area contributed by atoms with Crippen molar-refractivity contribution in [2.75, 3.05) is 13.7 Å². The Labute approximate surface area is 77.6 Å². The first-order valence-corrected chi connectivity index (χ1v) is 4.48. The Balaban J connectivity index is 2.67. The Morgan fingerprint density at radius 3 is 2.69 bits per heavy atom. The van der Waals surface area contributed by atoms with Gasteiger partial charge in [-0.1, -0.05) is 0 Å². The van der Waals surface area contributed by atoms with Crippen LogP contribution in [0.5, 0.6) is 0 Å². The molecule has 2 atom stereocenters. The molecule has 4 heteroatoms. The molecule has 13 heavy (non-hydrogen) atoms. The molecular formula is C9H15NO3. The summed E-state index contributed by atoms with van der Waals surface area (Å²) < 4.78 is 4.64. The van der Waals surface area contributed by atoms with Crippen molar-refractivity contribution >= 4 is 11.8 Å². The van der Waals surface area contributed by atoms with E-state index in [1.807, 2.05) is 0 Å².